The van der Waals surface area contributed by atoms with Crippen LogP contribution in [0.5, 0.6) is 5.75 Å². The maximum Gasteiger partial charge on any atom is 0.387 e. The van der Waals surface area contributed by atoms with E-state index in [1.54, 1.807) is 0 Å². The highest BCUT2D eigenvalue weighted by molar-refractivity contribution is 5.99. The van der Waals surface area contributed by atoms with Gasteiger partial charge in [0.2, 0.25) is 0 Å². The first-order valence-electron chi connectivity index (χ1n) is 6.73. The number of urea groups is 1. The molecule has 1 fully saturated rings. The summed E-state index contributed by atoms with van der Waals surface area (Å²) in [4.78, 5) is 36.2. The van der Waals surface area contributed by atoms with E-state index in [4.69, 9.17) is 4.74 Å². The second-order valence-electron chi connectivity index (χ2n) is 4.67. The SMILES string of the molecule is CC(OC(=O)c1ccc(OC(F)F)cc1)C(=O)N1CCNC1=O. The third-order valence-corrected chi connectivity index (χ3v) is 3.07. The van der Waals surface area contributed by atoms with Crippen molar-refractivity contribution in [2.24, 2.45) is 0 Å². The number of carbonyl (C=O) groups excluding carboxylic acids is 3. The predicted molar refractivity (Wildman–Crippen MR) is 73.1 cm³/mol. The van der Waals surface area contributed by atoms with Crippen LogP contribution in [0.1, 0.15) is 17.3 Å². The molecular formula is C14H14F2N2O5. The van der Waals surface area contributed by atoms with Gasteiger partial charge < -0.3 is 14.8 Å². The number of nitrogens with one attached hydrogen (secondary N) is 1. The summed E-state index contributed by atoms with van der Waals surface area (Å²) in [5.41, 5.74) is 0.0668. The van der Waals surface area contributed by atoms with Crippen LogP contribution in [0, 0.1) is 0 Å². The van der Waals surface area contributed by atoms with Crippen molar-refractivity contribution in [2.45, 2.75) is 19.6 Å². The first-order chi connectivity index (χ1) is 10.9. The van der Waals surface area contributed by atoms with Crippen LogP contribution in [0.25, 0.3) is 0 Å². The second-order valence-corrected chi connectivity index (χ2v) is 4.67. The largest absolute Gasteiger partial charge is 0.449 e. The number of imide groups is 1. The number of nitrogens with zero attached hydrogens (tertiary/aromatic N) is 1. The summed E-state index contributed by atoms with van der Waals surface area (Å²) in [6.45, 7) is -1.06. The fourth-order valence-electron chi connectivity index (χ4n) is 1.95. The molecule has 124 valence electrons. The van der Waals surface area contributed by atoms with Crippen LogP contribution in [-0.4, -0.2) is 48.6 Å². The van der Waals surface area contributed by atoms with E-state index in [1.165, 1.54) is 31.2 Å². The van der Waals surface area contributed by atoms with Crippen LogP contribution >= 0.6 is 0 Å². The zero-order valence-corrected chi connectivity index (χ0v) is 12.1. The van der Waals surface area contributed by atoms with Crippen molar-refractivity contribution in [1.82, 2.24) is 10.2 Å². The maximum atomic E-state index is 12.0. The van der Waals surface area contributed by atoms with E-state index < -0.39 is 30.6 Å². The van der Waals surface area contributed by atoms with E-state index in [9.17, 15) is 23.2 Å². The standard InChI is InChI=1S/C14H14F2N2O5/c1-8(11(19)18-7-6-17-14(18)21)22-12(20)9-2-4-10(5-3-9)23-13(15)16/h2-5,8,13H,6-7H2,1H3,(H,17,21). The molecule has 1 saturated heterocycles. The first kappa shape index (κ1) is 16.7. The van der Waals surface area contributed by atoms with Crippen molar-refractivity contribution in [1.29, 1.82) is 0 Å². The van der Waals surface area contributed by atoms with E-state index >= 15 is 0 Å². The third kappa shape index (κ3) is 4.15. The molecule has 1 aliphatic heterocycles. The monoisotopic (exact) mass is 328 g/mol. The van der Waals surface area contributed by atoms with Gasteiger partial charge in [-0.3, -0.25) is 9.69 Å². The highest BCUT2D eigenvalue weighted by atomic mass is 19.3. The molecular weight excluding hydrogens is 314 g/mol. The molecule has 7 nitrogen and oxygen atoms in total. The first-order valence-corrected chi connectivity index (χ1v) is 6.73. The van der Waals surface area contributed by atoms with E-state index in [-0.39, 0.29) is 17.9 Å². The van der Waals surface area contributed by atoms with Gasteiger partial charge in [-0.15, -0.1) is 0 Å². The molecule has 3 amide bonds. The molecule has 1 aromatic rings. The summed E-state index contributed by atoms with van der Waals surface area (Å²) in [7, 11) is 0. The van der Waals surface area contributed by atoms with E-state index in [0.29, 0.717) is 6.54 Å². The van der Waals surface area contributed by atoms with Crippen molar-refractivity contribution in [3.05, 3.63) is 29.8 Å². The number of hydrogen-bond acceptors (Lipinski definition) is 5. The molecule has 1 aliphatic rings. The molecule has 1 heterocycles. The van der Waals surface area contributed by atoms with Crippen LogP contribution in [-0.2, 0) is 9.53 Å². The highest BCUT2D eigenvalue weighted by Gasteiger charge is 2.31. The number of ether oxygens (including phenoxy) is 2. The van der Waals surface area contributed by atoms with Gasteiger partial charge in [-0.1, -0.05) is 0 Å². The number of carbonyl (C=O) groups is 3. The summed E-state index contributed by atoms with van der Waals surface area (Å²) in [5, 5.41) is 2.46. The average Bonchev–Trinajstić information content (AvgIpc) is 2.92. The maximum absolute atomic E-state index is 12.0. The van der Waals surface area contributed by atoms with Gasteiger partial charge in [-0.25, -0.2) is 9.59 Å². The number of amides is 3. The lowest BCUT2D eigenvalue weighted by atomic mass is 10.2. The third-order valence-electron chi connectivity index (χ3n) is 3.07. The molecule has 0 spiro atoms. The Morgan fingerprint density at radius 2 is 1.91 bits per heavy atom. The number of halogens is 2. The minimum Gasteiger partial charge on any atom is -0.449 e. The van der Waals surface area contributed by atoms with Crippen molar-refractivity contribution < 1.29 is 32.6 Å². The Balaban J connectivity index is 1.95. The molecule has 23 heavy (non-hydrogen) atoms. The molecule has 0 aliphatic carbocycles. The zero-order valence-electron chi connectivity index (χ0n) is 12.1. The normalized spacial score (nSPS) is 15.3. The van der Waals surface area contributed by atoms with Gasteiger partial charge in [0.05, 0.1) is 5.56 Å². The minimum absolute atomic E-state index is 0.0668. The van der Waals surface area contributed by atoms with Gasteiger partial charge in [0.25, 0.3) is 5.91 Å². The number of esters is 1. The number of hydrogen-bond donors (Lipinski definition) is 1. The van der Waals surface area contributed by atoms with Crippen LogP contribution in [0.15, 0.2) is 24.3 Å². The lowest BCUT2D eigenvalue weighted by Gasteiger charge is -2.18. The summed E-state index contributed by atoms with van der Waals surface area (Å²) in [6.07, 6.45) is -1.15. The van der Waals surface area contributed by atoms with E-state index in [0.717, 1.165) is 4.90 Å². The van der Waals surface area contributed by atoms with Crippen LogP contribution in [0.4, 0.5) is 13.6 Å². The molecule has 1 unspecified atom stereocenters. The summed E-state index contributed by atoms with van der Waals surface area (Å²) < 4.78 is 33.2. The molecule has 0 saturated carbocycles. The number of alkyl halides is 2. The van der Waals surface area contributed by atoms with Crippen molar-refractivity contribution in [3.8, 4) is 5.75 Å². The molecule has 9 heteroatoms. The van der Waals surface area contributed by atoms with Gasteiger partial charge in [0.15, 0.2) is 6.10 Å². The Kier molecular flexibility index (Phi) is 5.09. The van der Waals surface area contributed by atoms with Crippen molar-refractivity contribution in [3.63, 3.8) is 0 Å². The van der Waals surface area contributed by atoms with Crippen molar-refractivity contribution >= 4 is 17.9 Å². The molecule has 0 radical (unpaired) electrons. The summed E-state index contributed by atoms with van der Waals surface area (Å²) in [5.74, 6) is -1.55. The quantitative estimate of drug-likeness (QED) is 0.826. The lowest BCUT2D eigenvalue weighted by molar-refractivity contribution is -0.136. The second kappa shape index (κ2) is 7.03. The van der Waals surface area contributed by atoms with Crippen LogP contribution in [0.3, 0.4) is 0 Å². The van der Waals surface area contributed by atoms with Gasteiger partial charge in [0.1, 0.15) is 5.75 Å². The molecule has 1 aromatic carbocycles. The fraction of sp³-hybridized carbons (Fsp3) is 0.357. The zero-order chi connectivity index (χ0) is 17.0. The number of benzene rings is 1. The molecule has 1 N–H and O–H groups in total. The van der Waals surface area contributed by atoms with Gasteiger partial charge >= 0.3 is 18.6 Å². The molecule has 0 aromatic heterocycles. The lowest BCUT2D eigenvalue weighted by Crippen LogP contribution is -2.41. The molecule has 0 bridgehead atoms. The smallest absolute Gasteiger partial charge is 0.387 e. The van der Waals surface area contributed by atoms with Gasteiger partial charge in [-0.05, 0) is 31.2 Å². The highest BCUT2D eigenvalue weighted by Crippen LogP contribution is 2.16. The van der Waals surface area contributed by atoms with Gasteiger partial charge in [0, 0.05) is 13.1 Å². The minimum atomic E-state index is -2.96. The van der Waals surface area contributed by atoms with Gasteiger partial charge in [-0.2, -0.15) is 8.78 Å². The van der Waals surface area contributed by atoms with E-state index in [1.807, 2.05) is 0 Å². The Hall–Kier alpha value is -2.71. The topological polar surface area (TPSA) is 84.9 Å². The van der Waals surface area contributed by atoms with Crippen LogP contribution < -0.4 is 10.1 Å². The summed E-state index contributed by atoms with van der Waals surface area (Å²) in [6, 6.07) is 4.30. The Morgan fingerprint density at radius 1 is 1.26 bits per heavy atom. The Labute approximate surface area is 130 Å². The molecule has 1 atom stereocenters. The van der Waals surface area contributed by atoms with Crippen molar-refractivity contribution in [2.75, 3.05) is 13.1 Å². The van der Waals surface area contributed by atoms with E-state index in [2.05, 4.69) is 10.1 Å². The van der Waals surface area contributed by atoms with Crippen LogP contribution in [0.2, 0.25) is 0 Å². The average molecular weight is 328 g/mol. The number of rotatable bonds is 5. The Morgan fingerprint density at radius 3 is 2.43 bits per heavy atom. The molecule has 2 rings (SSSR count). The summed E-state index contributed by atoms with van der Waals surface area (Å²) >= 11 is 0. The Bertz CT molecular complexity index is 606. The fourth-order valence-corrected chi connectivity index (χ4v) is 1.95. The predicted octanol–water partition coefficient (Wildman–Crippen LogP) is 1.39.